The highest BCUT2D eigenvalue weighted by Crippen LogP contribution is 2.26. The Hall–Kier alpha value is -1.81. The van der Waals surface area contributed by atoms with Crippen molar-refractivity contribution >= 4 is 17.5 Å². The summed E-state index contributed by atoms with van der Waals surface area (Å²) in [6, 6.07) is 7.56. The molecule has 1 amide bonds. The van der Waals surface area contributed by atoms with E-state index in [0.29, 0.717) is 11.6 Å². The third kappa shape index (κ3) is 3.45. The van der Waals surface area contributed by atoms with Crippen molar-refractivity contribution < 1.29 is 4.79 Å². The molecule has 110 valence electrons. The van der Waals surface area contributed by atoms with Crippen LogP contribution >= 0.6 is 11.6 Å². The van der Waals surface area contributed by atoms with Crippen LogP contribution in [-0.4, -0.2) is 22.4 Å². The highest BCUT2D eigenvalue weighted by Gasteiger charge is 2.24. The molecule has 2 aromatic rings. The molecule has 4 nitrogen and oxygen atoms in total. The molecule has 3 rings (SSSR count). The summed E-state index contributed by atoms with van der Waals surface area (Å²) in [4.78, 5) is 19.4. The first-order valence-corrected chi connectivity index (χ1v) is 7.68. The lowest BCUT2D eigenvalue weighted by atomic mass is 9.85. The van der Waals surface area contributed by atoms with Gasteiger partial charge in [0.15, 0.2) is 0 Å². The zero-order valence-corrected chi connectivity index (χ0v) is 12.5. The summed E-state index contributed by atoms with van der Waals surface area (Å²) in [6.45, 7) is 0.650. The predicted octanol–water partition coefficient (Wildman–Crippen LogP) is 3.19. The van der Waals surface area contributed by atoms with Crippen LogP contribution in [0.2, 0.25) is 5.02 Å². The number of aromatic amines is 1. The molecular weight excluding hydrogens is 286 g/mol. The van der Waals surface area contributed by atoms with Crippen LogP contribution in [0.5, 0.6) is 0 Å². The molecule has 1 aliphatic rings. The quantitative estimate of drug-likeness (QED) is 0.891. The maximum atomic E-state index is 11.7. The Morgan fingerprint density at radius 1 is 1.33 bits per heavy atom. The van der Waals surface area contributed by atoms with Crippen LogP contribution in [0.1, 0.15) is 25.0 Å². The first-order chi connectivity index (χ1) is 10.2. The number of H-pyrrole nitrogens is 1. The van der Waals surface area contributed by atoms with Crippen molar-refractivity contribution in [1.29, 1.82) is 0 Å². The Labute approximate surface area is 128 Å². The number of carbonyl (C=O) groups is 1. The van der Waals surface area contributed by atoms with E-state index in [1.807, 2.05) is 30.5 Å². The van der Waals surface area contributed by atoms with Gasteiger partial charge in [0.2, 0.25) is 5.91 Å². The minimum Gasteiger partial charge on any atom is -0.355 e. The number of amides is 1. The summed E-state index contributed by atoms with van der Waals surface area (Å²) in [5.74, 6) is 1.27. The fourth-order valence-corrected chi connectivity index (χ4v) is 2.50. The van der Waals surface area contributed by atoms with Gasteiger partial charge in [0, 0.05) is 41.4 Å². The normalized spacial score (nSPS) is 14.7. The van der Waals surface area contributed by atoms with Gasteiger partial charge in [-0.05, 0) is 37.1 Å². The van der Waals surface area contributed by atoms with Crippen molar-refractivity contribution in [2.75, 3.05) is 6.54 Å². The van der Waals surface area contributed by atoms with E-state index in [0.717, 1.165) is 36.3 Å². The van der Waals surface area contributed by atoms with Gasteiger partial charge < -0.3 is 10.3 Å². The zero-order chi connectivity index (χ0) is 14.7. The number of hydrogen-bond acceptors (Lipinski definition) is 2. The molecule has 0 aliphatic heterocycles. The van der Waals surface area contributed by atoms with E-state index in [1.54, 1.807) is 0 Å². The lowest BCUT2D eigenvalue weighted by Crippen LogP contribution is -2.35. The topological polar surface area (TPSA) is 57.8 Å². The van der Waals surface area contributed by atoms with Gasteiger partial charge in [-0.25, -0.2) is 4.98 Å². The number of nitrogens with one attached hydrogen (secondary N) is 2. The van der Waals surface area contributed by atoms with E-state index in [4.69, 9.17) is 11.6 Å². The van der Waals surface area contributed by atoms with Crippen LogP contribution < -0.4 is 5.32 Å². The molecule has 0 bridgehead atoms. The Kier molecular flexibility index (Phi) is 4.25. The molecule has 5 heteroatoms. The molecule has 1 saturated carbocycles. The van der Waals surface area contributed by atoms with E-state index in [1.165, 1.54) is 6.42 Å². The third-order valence-corrected chi connectivity index (χ3v) is 4.17. The second-order valence-corrected chi connectivity index (χ2v) is 5.87. The van der Waals surface area contributed by atoms with Crippen molar-refractivity contribution in [2.45, 2.75) is 25.7 Å². The first-order valence-electron chi connectivity index (χ1n) is 7.30. The maximum Gasteiger partial charge on any atom is 0.223 e. The second-order valence-electron chi connectivity index (χ2n) is 5.43. The summed E-state index contributed by atoms with van der Waals surface area (Å²) in [5.41, 5.74) is 2.03. The van der Waals surface area contributed by atoms with Gasteiger partial charge in [-0.3, -0.25) is 4.79 Å². The van der Waals surface area contributed by atoms with Gasteiger partial charge in [0.25, 0.3) is 0 Å². The zero-order valence-electron chi connectivity index (χ0n) is 11.7. The molecule has 0 unspecified atom stereocenters. The van der Waals surface area contributed by atoms with Crippen molar-refractivity contribution in [1.82, 2.24) is 15.3 Å². The van der Waals surface area contributed by atoms with Crippen LogP contribution in [-0.2, 0) is 11.2 Å². The molecule has 21 heavy (non-hydrogen) atoms. The Morgan fingerprint density at radius 2 is 2.10 bits per heavy atom. The molecule has 1 fully saturated rings. The number of hydrogen-bond donors (Lipinski definition) is 2. The minimum absolute atomic E-state index is 0.193. The number of carbonyl (C=O) groups excluding carboxylic acids is 1. The number of imidazole rings is 1. The largest absolute Gasteiger partial charge is 0.355 e. The fourth-order valence-electron chi connectivity index (χ4n) is 2.38. The molecule has 1 aromatic heterocycles. The van der Waals surface area contributed by atoms with Crippen LogP contribution in [0, 0.1) is 5.92 Å². The van der Waals surface area contributed by atoms with E-state index >= 15 is 0 Å². The molecule has 0 saturated heterocycles. The van der Waals surface area contributed by atoms with Crippen LogP contribution in [0.4, 0.5) is 0 Å². The van der Waals surface area contributed by atoms with E-state index in [2.05, 4.69) is 15.3 Å². The minimum atomic E-state index is 0.193. The van der Waals surface area contributed by atoms with Crippen molar-refractivity contribution in [3.8, 4) is 11.4 Å². The number of nitrogens with zero attached hydrogens (tertiary/aromatic N) is 1. The Balaban J connectivity index is 1.52. The van der Waals surface area contributed by atoms with E-state index in [9.17, 15) is 4.79 Å². The molecule has 0 spiro atoms. The second kappa shape index (κ2) is 6.31. The number of benzene rings is 1. The van der Waals surface area contributed by atoms with Crippen LogP contribution in [0.25, 0.3) is 11.4 Å². The molecule has 1 heterocycles. The van der Waals surface area contributed by atoms with Crippen molar-refractivity contribution in [3.63, 3.8) is 0 Å². The summed E-state index contributed by atoms with van der Waals surface area (Å²) in [6.07, 6.45) is 5.84. The highest BCUT2D eigenvalue weighted by molar-refractivity contribution is 6.30. The summed E-state index contributed by atoms with van der Waals surface area (Å²) < 4.78 is 0. The van der Waals surface area contributed by atoms with Crippen molar-refractivity contribution in [2.24, 2.45) is 5.92 Å². The number of rotatable bonds is 5. The van der Waals surface area contributed by atoms with Crippen LogP contribution in [0.15, 0.2) is 30.5 Å². The number of aromatic nitrogens is 2. The third-order valence-electron chi connectivity index (χ3n) is 3.92. The van der Waals surface area contributed by atoms with Crippen LogP contribution in [0.3, 0.4) is 0 Å². The fraction of sp³-hybridized carbons (Fsp3) is 0.375. The summed E-state index contributed by atoms with van der Waals surface area (Å²) in [7, 11) is 0. The maximum absolute atomic E-state index is 11.7. The van der Waals surface area contributed by atoms with Gasteiger partial charge >= 0.3 is 0 Å². The molecular formula is C16H18ClN3O. The molecule has 0 atom stereocenters. The van der Waals surface area contributed by atoms with Gasteiger partial charge in [0.1, 0.15) is 5.82 Å². The lowest BCUT2D eigenvalue weighted by Gasteiger charge is -2.23. The Morgan fingerprint density at radius 3 is 2.76 bits per heavy atom. The Bertz CT molecular complexity index is 617. The summed E-state index contributed by atoms with van der Waals surface area (Å²) >= 11 is 5.87. The molecule has 1 aromatic carbocycles. The molecule has 0 radical (unpaired) electrons. The SMILES string of the molecule is O=C(NCCc1cnc(-c2ccc(Cl)cc2)[nH]1)C1CCC1. The van der Waals surface area contributed by atoms with Gasteiger partial charge in [-0.1, -0.05) is 18.0 Å². The smallest absolute Gasteiger partial charge is 0.223 e. The van der Waals surface area contributed by atoms with Gasteiger partial charge in [-0.2, -0.15) is 0 Å². The first kappa shape index (κ1) is 14.1. The average Bonchev–Trinajstić information content (AvgIpc) is 2.86. The standard InChI is InChI=1S/C16H18ClN3O/c17-13-6-4-11(5-7-13)15-19-10-14(20-15)8-9-18-16(21)12-2-1-3-12/h4-7,10,12H,1-3,8-9H2,(H,18,21)(H,19,20). The molecule has 1 aliphatic carbocycles. The summed E-state index contributed by atoms with van der Waals surface area (Å²) in [5, 5.41) is 3.70. The predicted molar refractivity (Wildman–Crippen MR) is 83.1 cm³/mol. The monoisotopic (exact) mass is 303 g/mol. The van der Waals surface area contributed by atoms with E-state index < -0.39 is 0 Å². The molecule has 2 N–H and O–H groups in total. The number of halogens is 1. The highest BCUT2D eigenvalue weighted by atomic mass is 35.5. The van der Waals surface area contributed by atoms with E-state index in [-0.39, 0.29) is 11.8 Å². The van der Waals surface area contributed by atoms with Gasteiger partial charge in [0.05, 0.1) is 0 Å². The van der Waals surface area contributed by atoms with Gasteiger partial charge in [-0.15, -0.1) is 0 Å². The lowest BCUT2D eigenvalue weighted by molar-refractivity contribution is -0.127. The van der Waals surface area contributed by atoms with Crippen molar-refractivity contribution in [3.05, 3.63) is 41.2 Å². The average molecular weight is 304 g/mol.